The van der Waals surface area contributed by atoms with Gasteiger partial charge in [-0.25, -0.2) is 0 Å². The lowest BCUT2D eigenvalue weighted by Gasteiger charge is -2.22. The van der Waals surface area contributed by atoms with Crippen molar-refractivity contribution in [1.82, 2.24) is 4.90 Å². The van der Waals surface area contributed by atoms with Gasteiger partial charge in [0, 0.05) is 29.2 Å². The molecule has 0 aromatic heterocycles. The third-order valence-electron chi connectivity index (χ3n) is 4.10. The molecular weight excluding hydrogens is 310 g/mol. The van der Waals surface area contributed by atoms with Gasteiger partial charge in [0.05, 0.1) is 4.92 Å². The molecule has 1 N–H and O–H groups in total. The number of nitro benzene ring substituents is 1. The van der Waals surface area contributed by atoms with Gasteiger partial charge in [-0.3, -0.25) is 15.0 Å². The van der Waals surface area contributed by atoms with Gasteiger partial charge < -0.3 is 5.32 Å². The zero-order valence-electron chi connectivity index (χ0n) is 10.5. The Kier molecular flexibility index (Phi) is 3.45. The predicted octanol–water partition coefficient (Wildman–Crippen LogP) is 3.01. The van der Waals surface area contributed by atoms with E-state index in [-0.39, 0.29) is 10.6 Å². The van der Waals surface area contributed by atoms with Crippen LogP contribution in [-0.2, 0) is 0 Å². The summed E-state index contributed by atoms with van der Waals surface area (Å²) in [6.07, 6.45) is 3.51. The Morgan fingerprint density at radius 1 is 1.37 bits per heavy atom. The summed E-state index contributed by atoms with van der Waals surface area (Å²) < 4.78 is 0.735. The van der Waals surface area contributed by atoms with Crippen LogP contribution in [0.4, 0.5) is 11.4 Å². The zero-order chi connectivity index (χ0) is 13.4. The van der Waals surface area contributed by atoms with Gasteiger partial charge in [-0.1, -0.05) is 15.9 Å². The highest BCUT2D eigenvalue weighted by Gasteiger charge is 2.37. The van der Waals surface area contributed by atoms with Crippen molar-refractivity contribution in [3.8, 4) is 0 Å². The van der Waals surface area contributed by atoms with Gasteiger partial charge in [-0.2, -0.15) is 0 Å². The minimum atomic E-state index is -0.325. The molecular formula is C13H16BrN3O2. The maximum atomic E-state index is 11.1. The Balaban J connectivity index is 1.81. The first kappa shape index (κ1) is 12.9. The van der Waals surface area contributed by atoms with Crippen molar-refractivity contribution in [2.24, 2.45) is 0 Å². The zero-order valence-corrected chi connectivity index (χ0v) is 12.1. The summed E-state index contributed by atoms with van der Waals surface area (Å²) in [6, 6.07) is 6.07. The second-order valence-corrected chi connectivity index (χ2v) is 6.12. The average Bonchev–Trinajstić information content (AvgIpc) is 2.96. The molecule has 2 aliphatic heterocycles. The number of rotatable bonds is 3. The SMILES string of the molecule is O=[N+]([O-])c1cc(Br)ccc1NC1CCN2CCCC12. The van der Waals surface area contributed by atoms with Gasteiger partial charge >= 0.3 is 0 Å². The maximum Gasteiger partial charge on any atom is 0.293 e. The molecule has 2 atom stereocenters. The van der Waals surface area contributed by atoms with Crippen molar-refractivity contribution >= 4 is 27.3 Å². The second-order valence-electron chi connectivity index (χ2n) is 5.20. The monoisotopic (exact) mass is 325 g/mol. The normalized spacial score (nSPS) is 26.4. The van der Waals surface area contributed by atoms with Crippen LogP contribution in [0.5, 0.6) is 0 Å². The molecule has 0 amide bonds. The van der Waals surface area contributed by atoms with E-state index < -0.39 is 0 Å². The number of hydrogen-bond acceptors (Lipinski definition) is 4. The van der Waals surface area contributed by atoms with E-state index in [9.17, 15) is 10.1 Å². The van der Waals surface area contributed by atoms with Gasteiger partial charge in [0.1, 0.15) is 5.69 Å². The van der Waals surface area contributed by atoms with Crippen LogP contribution in [0.3, 0.4) is 0 Å². The number of hydrogen-bond donors (Lipinski definition) is 1. The highest BCUT2D eigenvalue weighted by Crippen LogP contribution is 2.34. The standard InChI is InChI=1S/C13H16BrN3O2/c14-9-3-4-10(13(8-9)17(18)19)15-11-5-7-16-6-1-2-12(11)16/h3-4,8,11-12,15H,1-2,5-7H2. The molecule has 2 fully saturated rings. The van der Waals surface area contributed by atoms with Crippen LogP contribution in [0.25, 0.3) is 0 Å². The number of nitro groups is 1. The first-order valence-corrected chi connectivity index (χ1v) is 7.39. The molecule has 1 aromatic carbocycles. The van der Waals surface area contributed by atoms with Crippen LogP contribution in [0.1, 0.15) is 19.3 Å². The summed E-state index contributed by atoms with van der Waals surface area (Å²) in [7, 11) is 0. The van der Waals surface area contributed by atoms with Crippen molar-refractivity contribution in [2.45, 2.75) is 31.3 Å². The smallest absolute Gasteiger partial charge is 0.293 e. The molecule has 0 radical (unpaired) electrons. The third kappa shape index (κ3) is 2.47. The molecule has 5 nitrogen and oxygen atoms in total. The lowest BCUT2D eigenvalue weighted by atomic mass is 10.1. The average molecular weight is 326 g/mol. The number of halogens is 1. The van der Waals surface area contributed by atoms with E-state index in [0.29, 0.717) is 17.8 Å². The molecule has 1 aromatic rings. The molecule has 3 rings (SSSR count). The van der Waals surface area contributed by atoms with Crippen LogP contribution in [-0.4, -0.2) is 35.0 Å². The van der Waals surface area contributed by atoms with Crippen LogP contribution < -0.4 is 5.32 Å². The lowest BCUT2D eigenvalue weighted by Crippen LogP contribution is -2.33. The van der Waals surface area contributed by atoms with E-state index in [2.05, 4.69) is 26.1 Å². The fraction of sp³-hybridized carbons (Fsp3) is 0.538. The van der Waals surface area contributed by atoms with Crippen molar-refractivity contribution in [2.75, 3.05) is 18.4 Å². The van der Waals surface area contributed by atoms with Crippen molar-refractivity contribution in [1.29, 1.82) is 0 Å². The first-order chi connectivity index (χ1) is 9.15. The summed E-state index contributed by atoms with van der Waals surface area (Å²) >= 11 is 3.28. The van der Waals surface area contributed by atoms with Gasteiger partial charge in [-0.05, 0) is 37.9 Å². The molecule has 2 unspecified atom stereocenters. The van der Waals surface area contributed by atoms with Gasteiger partial charge in [-0.15, -0.1) is 0 Å². The third-order valence-corrected chi connectivity index (χ3v) is 4.60. The maximum absolute atomic E-state index is 11.1. The van der Waals surface area contributed by atoms with Crippen LogP contribution in [0.15, 0.2) is 22.7 Å². The minimum absolute atomic E-state index is 0.144. The molecule has 2 saturated heterocycles. The molecule has 0 aliphatic carbocycles. The number of nitrogens with one attached hydrogen (secondary N) is 1. The molecule has 2 aliphatic rings. The molecule has 0 bridgehead atoms. The van der Waals surface area contributed by atoms with E-state index >= 15 is 0 Å². The largest absolute Gasteiger partial charge is 0.375 e. The van der Waals surface area contributed by atoms with Crippen LogP contribution in [0.2, 0.25) is 0 Å². The highest BCUT2D eigenvalue weighted by molar-refractivity contribution is 9.10. The van der Waals surface area contributed by atoms with E-state index in [4.69, 9.17) is 0 Å². The van der Waals surface area contributed by atoms with Gasteiger partial charge in [0.15, 0.2) is 0 Å². The Labute approximate surface area is 120 Å². The Morgan fingerprint density at radius 3 is 3.00 bits per heavy atom. The second kappa shape index (κ2) is 5.09. The Hall–Kier alpha value is -1.14. The van der Waals surface area contributed by atoms with Crippen molar-refractivity contribution < 1.29 is 4.92 Å². The summed E-state index contributed by atoms with van der Waals surface area (Å²) in [6.45, 7) is 2.28. The highest BCUT2D eigenvalue weighted by atomic mass is 79.9. The number of fused-ring (bicyclic) bond motifs is 1. The van der Waals surface area contributed by atoms with E-state index in [0.717, 1.165) is 17.4 Å². The van der Waals surface area contributed by atoms with Gasteiger partial charge in [0.2, 0.25) is 0 Å². The first-order valence-electron chi connectivity index (χ1n) is 6.59. The molecule has 0 saturated carbocycles. The number of benzene rings is 1. The Bertz CT molecular complexity index is 509. The summed E-state index contributed by atoms with van der Waals surface area (Å²) in [5.41, 5.74) is 0.776. The predicted molar refractivity (Wildman–Crippen MR) is 77.4 cm³/mol. The molecule has 19 heavy (non-hydrogen) atoms. The summed E-state index contributed by atoms with van der Waals surface area (Å²) in [5.74, 6) is 0. The van der Waals surface area contributed by atoms with Crippen molar-refractivity contribution in [3.05, 3.63) is 32.8 Å². The number of anilines is 1. The fourth-order valence-corrected chi connectivity index (χ4v) is 3.58. The quantitative estimate of drug-likeness (QED) is 0.685. The number of nitrogens with zero attached hydrogens (tertiary/aromatic N) is 2. The molecule has 102 valence electrons. The molecule has 2 heterocycles. The fourth-order valence-electron chi connectivity index (χ4n) is 3.23. The summed E-state index contributed by atoms with van der Waals surface area (Å²) in [4.78, 5) is 13.3. The van der Waals surface area contributed by atoms with E-state index in [1.807, 2.05) is 6.07 Å². The molecule has 6 heteroatoms. The Morgan fingerprint density at radius 2 is 2.21 bits per heavy atom. The van der Waals surface area contributed by atoms with Crippen LogP contribution in [0, 0.1) is 10.1 Å². The topological polar surface area (TPSA) is 58.4 Å². The van der Waals surface area contributed by atoms with Crippen LogP contribution >= 0.6 is 15.9 Å². The van der Waals surface area contributed by atoms with Crippen molar-refractivity contribution in [3.63, 3.8) is 0 Å². The lowest BCUT2D eigenvalue weighted by molar-refractivity contribution is -0.384. The van der Waals surface area contributed by atoms with E-state index in [1.165, 1.54) is 19.4 Å². The van der Waals surface area contributed by atoms with E-state index in [1.54, 1.807) is 12.1 Å². The minimum Gasteiger partial charge on any atom is -0.375 e. The summed E-state index contributed by atoms with van der Waals surface area (Å²) in [5, 5.41) is 14.5. The molecule has 0 spiro atoms. The van der Waals surface area contributed by atoms with Gasteiger partial charge in [0.25, 0.3) is 5.69 Å².